The second-order valence-corrected chi connectivity index (χ2v) is 4.31. The van der Waals surface area contributed by atoms with E-state index >= 15 is 0 Å². The summed E-state index contributed by atoms with van der Waals surface area (Å²) in [4.78, 5) is 23.6. The number of urea groups is 1. The van der Waals surface area contributed by atoms with E-state index in [2.05, 4.69) is 19.2 Å². The molecular weight excluding hydrogens is 196 g/mol. The summed E-state index contributed by atoms with van der Waals surface area (Å²) in [5, 5.41) is 11.4. The second-order valence-electron chi connectivity index (χ2n) is 4.31. The van der Waals surface area contributed by atoms with Gasteiger partial charge in [0.15, 0.2) is 0 Å². The molecule has 2 amide bonds. The van der Waals surface area contributed by atoms with E-state index < -0.39 is 5.97 Å². The van der Waals surface area contributed by atoms with Crippen LogP contribution in [0.2, 0.25) is 0 Å². The van der Waals surface area contributed by atoms with Gasteiger partial charge in [0.1, 0.15) is 0 Å². The Kier molecular flexibility index (Phi) is 3.94. The first kappa shape index (κ1) is 11.8. The Morgan fingerprint density at radius 1 is 1.67 bits per heavy atom. The molecule has 0 saturated carbocycles. The molecule has 1 unspecified atom stereocenters. The van der Waals surface area contributed by atoms with Gasteiger partial charge in [0.05, 0.1) is 12.5 Å². The summed E-state index contributed by atoms with van der Waals surface area (Å²) in [6, 6.07) is -0.323. The molecule has 0 radical (unpaired) electrons. The van der Waals surface area contributed by atoms with Gasteiger partial charge >= 0.3 is 12.0 Å². The van der Waals surface area contributed by atoms with Crippen LogP contribution in [0.15, 0.2) is 0 Å². The quantitative estimate of drug-likeness (QED) is 0.714. The first-order valence-electron chi connectivity index (χ1n) is 5.27. The number of carboxylic acid groups (broad SMARTS) is 1. The SMILES string of the molecule is CC(C)CCN1C(=O)NCC1CC(=O)O. The molecule has 15 heavy (non-hydrogen) atoms. The van der Waals surface area contributed by atoms with Gasteiger partial charge in [0, 0.05) is 13.1 Å². The molecular formula is C10H18N2O3. The minimum atomic E-state index is -0.856. The predicted octanol–water partition coefficient (Wildman–Crippen LogP) is 0.901. The van der Waals surface area contributed by atoms with E-state index in [9.17, 15) is 9.59 Å². The van der Waals surface area contributed by atoms with Crippen LogP contribution in [-0.2, 0) is 4.79 Å². The number of rotatable bonds is 5. The fourth-order valence-electron chi connectivity index (χ4n) is 1.65. The van der Waals surface area contributed by atoms with Crippen LogP contribution in [0.25, 0.3) is 0 Å². The molecule has 1 aliphatic heterocycles. The molecule has 0 aromatic heterocycles. The van der Waals surface area contributed by atoms with E-state index in [0.717, 1.165) is 6.42 Å². The van der Waals surface area contributed by atoms with Gasteiger partial charge in [-0.05, 0) is 12.3 Å². The summed E-state index contributed by atoms with van der Waals surface area (Å²) >= 11 is 0. The minimum absolute atomic E-state index is 0.0246. The number of hydrogen-bond acceptors (Lipinski definition) is 2. The maximum Gasteiger partial charge on any atom is 0.317 e. The van der Waals surface area contributed by atoms with Gasteiger partial charge in [-0.1, -0.05) is 13.8 Å². The third kappa shape index (κ3) is 3.42. The van der Waals surface area contributed by atoms with Crippen molar-refractivity contribution in [2.45, 2.75) is 32.7 Å². The fourth-order valence-corrected chi connectivity index (χ4v) is 1.65. The number of aliphatic carboxylic acids is 1. The summed E-state index contributed by atoms with van der Waals surface area (Å²) in [5.74, 6) is -0.338. The Morgan fingerprint density at radius 2 is 2.33 bits per heavy atom. The van der Waals surface area contributed by atoms with Gasteiger partial charge in [0.2, 0.25) is 0 Å². The lowest BCUT2D eigenvalue weighted by Gasteiger charge is -2.22. The second kappa shape index (κ2) is 5.00. The number of hydrogen-bond donors (Lipinski definition) is 2. The highest BCUT2D eigenvalue weighted by Crippen LogP contribution is 2.13. The molecule has 1 rings (SSSR count). The topological polar surface area (TPSA) is 69.6 Å². The molecule has 1 atom stereocenters. The zero-order valence-corrected chi connectivity index (χ0v) is 9.19. The number of nitrogens with zero attached hydrogens (tertiary/aromatic N) is 1. The standard InChI is InChI=1S/C10H18N2O3/c1-7(2)3-4-12-8(5-9(13)14)6-11-10(12)15/h7-8H,3-6H2,1-2H3,(H,11,15)(H,13,14). The van der Waals surface area contributed by atoms with Crippen molar-refractivity contribution in [1.82, 2.24) is 10.2 Å². The molecule has 2 N–H and O–H groups in total. The van der Waals surface area contributed by atoms with Crippen molar-refractivity contribution in [3.05, 3.63) is 0 Å². The number of carbonyl (C=O) groups is 2. The minimum Gasteiger partial charge on any atom is -0.481 e. The molecule has 5 heteroatoms. The van der Waals surface area contributed by atoms with Crippen LogP contribution in [0.3, 0.4) is 0 Å². The number of carboxylic acids is 1. The smallest absolute Gasteiger partial charge is 0.317 e. The molecule has 1 aliphatic rings. The van der Waals surface area contributed by atoms with Crippen LogP contribution >= 0.6 is 0 Å². The molecule has 0 aromatic rings. The number of carbonyl (C=O) groups excluding carboxylic acids is 1. The van der Waals surface area contributed by atoms with Crippen molar-refractivity contribution < 1.29 is 14.7 Å². The summed E-state index contributed by atoms with van der Waals surface area (Å²) in [7, 11) is 0. The van der Waals surface area contributed by atoms with Crippen molar-refractivity contribution in [1.29, 1.82) is 0 Å². The van der Waals surface area contributed by atoms with Crippen molar-refractivity contribution in [2.24, 2.45) is 5.92 Å². The highest BCUT2D eigenvalue weighted by Gasteiger charge is 2.31. The average Bonchev–Trinajstić information content (AvgIpc) is 2.43. The summed E-state index contributed by atoms with van der Waals surface area (Å²) < 4.78 is 0. The highest BCUT2D eigenvalue weighted by atomic mass is 16.4. The first-order chi connectivity index (χ1) is 7.00. The van der Waals surface area contributed by atoms with E-state index in [1.54, 1.807) is 4.90 Å². The fraction of sp³-hybridized carbons (Fsp3) is 0.800. The summed E-state index contributed by atoms with van der Waals surface area (Å²) in [6.45, 7) is 5.25. The Bertz CT molecular complexity index is 253. The normalized spacial score (nSPS) is 20.9. The Labute approximate surface area is 89.4 Å². The molecule has 86 valence electrons. The van der Waals surface area contributed by atoms with E-state index in [-0.39, 0.29) is 18.5 Å². The third-order valence-electron chi connectivity index (χ3n) is 2.55. The molecule has 5 nitrogen and oxygen atoms in total. The van der Waals surface area contributed by atoms with Gasteiger partial charge in [-0.2, -0.15) is 0 Å². The van der Waals surface area contributed by atoms with Crippen LogP contribution < -0.4 is 5.32 Å². The largest absolute Gasteiger partial charge is 0.481 e. The van der Waals surface area contributed by atoms with Crippen LogP contribution in [0.5, 0.6) is 0 Å². The van der Waals surface area contributed by atoms with Crippen LogP contribution in [0.4, 0.5) is 4.79 Å². The zero-order valence-electron chi connectivity index (χ0n) is 9.19. The van der Waals surface area contributed by atoms with E-state index in [0.29, 0.717) is 19.0 Å². The van der Waals surface area contributed by atoms with Crippen molar-refractivity contribution in [2.75, 3.05) is 13.1 Å². The lowest BCUT2D eigenvalue weighted by Crippen LogP contribution is -2.36. The molecule has 0 bridgehead atoms. The zero-order chi connectivity index (χ0) is 11.4. The van der Waals surface area contributed by atoms with Crippen molar-refractivity contribution in [3.8, 4) is 0 Å². The maximum atomic E-state index is 11.4. The monoisotopic (exact) mass is 214 g/mol. The molecule has 0 aliphatic carbocycles. The molecule has 1 heterocycles. The predicted molar refractivity (Wildman–Crippen MR) is 55.6 cm³/mol. The Balaban J connectivity index is 2.49. The van der Waals surface area contributed by atoms with E-state index in [4.69, 9.17) is 5.11 Å². The third-order valence-corrected chi connectivity index (χ3v) is 2.55. The molecule has 0 spiro atoms. The first-order valence-corrected chi connectivity index (χ1v) is 5.27. The lowest BCUT2D eigenvalue weighted by atomic mass is 10.1. The molecule has 0 aromatic carbocycles. The van der Waals surface area contributed by atoms with Gasteiger partial charge in [-0.3, -0.25) is 4.79 Å². The van der Waals surface area contributed by atoms with Crippen LogP contribution in [-0.4, -0.2) is 41.1 Å². The van der Waals surface area contributed by atoms with Gasteiger partial charge < -0.3 is 15.3 Å². The van der Waals surface area contributed by atoms with Crippen LogP contribution in [0, 0.1) is 5.92 Å². The number of amides is 2. The molecule has 1 saturated heterocycles. The maximum absolute atomic E-state index is 11.4. The highest BCUT2D eigenvalue weighted by molar-refractivity contribution is 5.78. The van der Waals surface area contributed by atoms with Gasteiger partial charge in [-0.25, -0.2) is 4.79 Å². The van der Waals surface area contributed by atoms with Crippen LogP contribution in [0.1, 0.15) is 26.7 Å². The van der Waals surface area contributed by atoms with Crippen molar-refractivity contribution >= 4 is 12.0 Å². The number of nitrogens with one attached hydrogen (secondary N) is 1. The van der Waals surface area contributed by atoms with Gasteiger partial charge in [-0.15, -0.1) is 0 Å². The van der Waals surface area contributed by atoms with E-state index in [1.165, 1.54) is 0 Å². The Hall–Kier alpha value is -1.26. The summed E-state index contributed by atoms with van der Waals surface area (Å²) in [6.07, 6.45) is 0.931. The average molecular weight is 214 g/mol. The molecule has 1 fully saturated rings. The lowest BCUT2D eigenvalue weighted by molar-refractivity contribution is -0.137. The van der Waals surface area contributed by atoms with Gasteiger partial charge in [0.25, 0.3) is 0 Å². The van der Waals surface area contributed by atoms with Crippen molar-refractivity contribution in [3.63, 3.8) is 0 Å². The Morgan fingerprint density at radius 3 is 2.87 bits per heavy atom. The van der Waals surface area contributed by atoms with E-state index in [1.807, 2.05) is 0 Å². The summed E-state index contributed by atoms with van der Waals surface area (Å²) in [5.41, 5.74) is 0.